The summed E-state index contributed by atoms with van der Waals surface area (Å²) in [6.45, 7) is 3.07. The maximum Gasteiger partial charge on any atom is 0.411 e. The van der Waals surface area contributed by atoms with E-state index < -0.39 is 11.7 Å². The van der Waals surface area contributed by atoms with Crippen LogP contribution in [0.5, 0.6) is 0 Å². The maximum absolute atomic E-state index is 12.9. The molecular weight excluding hydrogens is 219 g/mol. The lowest BCUT2D eigenvalue weighted by atomic mass is 10.2. The third kappa shape index (κ3) is 1.71. The van der Waals surface area contributed by atoms with Gasteiger partial charge in [0.1, 0.15) is 5.54 Å². The summed E-state index contributed by atoms with van der Waals surface area (Å²) in [5.41, 5.74) is -1.09. The Kier molecular flexibility index (Phi) is 2.69. The number of hydrogen-bond acceptors (Lipinski definition) is 2. The van der Waals surface area contributed by atoms with Crippen LogP contribution in [0.15, 0.2) is 12.5 Å². The van der Waals surface area contributed by atoms with Crippen molar-refractivity contribution >= 4 is 0 Å². The summed E-state index contributed by atoms with van der Waals surface area (Å²) in [6.07, 6.45) is -1.09. The average molecular weight is 233 g/mol. The second kappa shape index (κ2) is 3.76. The van der Waals surface area contributed by atoms with Crippen molar-refractivity contribution < 1.29 is 13.2 Å². The normalized spacial score (nSPS) is 18.8. The molecule has 0 saturated heterocycles. The molecule has 1 aromatic rings. The van der Waals surface area contributed by atoms with Crippen LogP contribution in [-0.2, 0) is 12.1 Å². The van der Waals surface area contributed by atoms with E-state index in [1.807, 2.05) is 6.92 Å². The molecule has 0 atom stereocenters. The van der Waals surface area contributed by atoms with Crippen molar-refractivity contribution in [2.45, 2.75) is 38.0 Å². The third-order valence-electron chi connectivity index (χ3n) is 2.98. The second-order valence-electron chi connectivity index (χ2n) is 4.06. The van der Waals surface area contributed by atoms with Crippen LogP contribution < -0.4 is 5.32 Å². The summed E-state index contributed by atoms with van der Waals surface area (Å²) in [7, 11) is 0. The van der Waals surface area contributed by atoms with Crippen molar-refractivity contribution in [3.8, 4) is 0 Å². The highest BCUT2D eigenvalue weighted by Crippen LogP contribution is 2.55. The number of alkyl halides is 3. The summed E-state index contributed by atoms with van der Waals surface area (Å²) < 4.78 is 40.0. The van der Waals surface area contributed by atoms with Crippen molar-refractivity contribution in [1.82, 2.24) is 14.9 Å². The Bertz CT molecular complexity index is 366. The predicted octanol–water partition coefficient (Wildman–Crippen LogP) is 2.04. The molecule has 3 nitrogen and oxygen atoms in total. The number of hydrogen-bond donors (Lipinski definition) is 1. The SMILES string of the molecule is CCNCc1cncn1C1(C(F)(F)F)CC1. The fraction of sp³-hybridized carbons (Fsp3) is 0.700. The van der Waals surface area contributed by atoms with E-state index in [0.29, 0.717) is 12.2 Å². The molecule has 0 unspecified atom stereocenters. The van der Waals surface area contributed by atoms with E-state index in [-0.39, 0.29) is 12.8 Å². The summed E-state index contributed by atoms with van der Waals surface area (Å²) in [5, 5.41) is 3.01. The molecule has 16 heavy (non-hydrogen) atoms. The van der Waals surface area contributed by atoms with Crippen LogP contribution in [0.2, 0.25) is 0 Å². The van der Waals surface area contributed by atoms with Crippen LogP contribution >= 0.6 is 0 Å². The van der Waals surface area contributed by atoms with Crippen LogP contribution in [0, 0.1) is 0 Å². The van der Waals surface area contributed by atoms with Crippen LogP contribution in [0.25, 0.3) is 0 Å². The lowest BCUT2D eigenvalue weighted by Crippen LogP contribution is -2.36. The standard InChI is InChI=1S/C10H14F3N3/c1-2-14-5-8-6-15-7-16(8)9(3-4-9)10(11,12)13/h6-7,14H,2-5H2,1H3. The molecule has 0 spiro atoms. The molecular formula is C10H14F3N3. The summed E-state index contributed by atoms with van der Waals surface area (Å²) >= 11 is 0. The number of nitrogens with zero attached hydrogens (tertiary/aromatic N) is 2. The van der Waals surface area contributed by atoms with Crippen LogP contribution in [0.1, 0.15) is 25.5 Å². The van der Waals surface area contributed by atoms with Gasteiger partial charge in [0.15, 0.2) is 0 Å². The molecule has 0 aromatic carbocycles. The Morgan fingerprint density at radius 3 is 2.69 bits per heavy atom. The molecule has 1 heterocycles. The van der Waals surface area contributed by atoms with Gasteiger partial charge in [-0.2, -0.15) is 13.2 Å². The monoisotopic (exact) mass is 233 g/mol. The molecule has 1 N–H and O–H groups in total. The number of aromatic nitrogens is 2. The number of halogens is 3. The third-order valence-corrected chi connectivity index (χ3v) is 2.98. The molecule has 1 fully saturated rings. The number of nitrogens with one attached hydrogen (secondary N) is 1. The highest BCUT2D eigenvalue weighted by atomic mass is 19.4. The van der Waals surface area contributed by atoms with E-state index in [1.54, 1.807) is 0 Å². The second-order valence-corrected chi connectivity index (χ2v) is 4.06. The quantitative estimate of drug-likeness (QED) is 0.862. The lowest BCUT2D eigenvalue weighted by molar-refractivity contribution is -0.180. The van der Waals surface area contributed by atoms with Crippen molar-refractivity contribution in [3.63, 3.8) is 0 Å². The van der Waals surface area contributed by atoms with Crippen LogP contribution in [-0.4, -0.2) is 22.3 Å². The van der Waals surface area contributed by atoms with Gasteiger partial charge < -0.3 is 9.88 Å². The van der Waals surface area contributed by atoms with Gasteiger partial charge in [-0.25, -0.2) is 4.98 Å². The smallest absolute Gasteiger partial charge is 0.318 e. The maximum atomic E-state index is 12.9. The molecule has 2 rings (SSSR count). The Hall–Kier alpha value is -1.04. The minimum atomic E-state index is -4.19. The molecule has 0 radical (unpaired) electrons. The Morgan fingerprint density at radius 1 is 1.50 bits per heavy atom. The minimum Gasteiger partial charge on any atom is -0.318 e. The number of rotatable bonds is 4. The van der Waals surface area contributed by atoms with Gasteiger partial charge in [0, 0.05) is 12.7 Å². The number of imidazole rings is 1. The lowest BCUT2D eigenvalue weighted by Gasteiger charge is -2.23. The van der Waals surface area contributed by atoms with Gasteiger partial charge in [-0.05, 0) is 19.4 Å². The zero-order chi connectivity index (χ0) is 11.8. The van der Waals surface area contributed by atoms with E-state index in [9.17, 15) is 13.2 Å². The molecule has 6 heteroatoms. The van der Waals surface area contributed by atoms with E-state index in [2.05, 4.69) is 10.3 Å². The minimum absolute atomic E-state index is 0.159. The van der Waals surface area contributed by atoms with Gasteiger partial charge in [-0.1, -0.05) is 6.92 Å². The molecule has 0 bridgehead atoms. The van der Waals surface area contributed by atoms with Crippen molar-refractivity contribution in [2.75, 3.05) is 6.54 Å². The molecule has 0 aliphatic heterocycles. The molecule has 0 amide bonds. The average Bonchev–Trinajstić information content (AvgIpc) is 2.90. The summed E-state index contributed by atoms with van der Waals surface area (Å²) in [4.78, 5) is 3.82. The molecule has 1 aromatic heterocycles. The van der Waals surface area contributed by atoms with Gasteiger partial charge in [0.05, 0.1) is 12.0 Å². The summed E-state index contributed by atoms with van der Waals surface area (Å²) in [5.74, 6) is 0. The fourth-order valence-corrected chi connectivity index (χ4v) is 1.87. The van der Waals surface area contributed by atoms with Crippen molar-refractivity contribution in [2.24, 2.45) is 0 Å². The van der Waals surface area contributed by atoms with Gasteiger partial charge in [0.25, 0.3) is 0 Å². The molecule has 1 aliphatic rings. The van der Waals surface area contributed by atoms with Crippen LogP contribution in [0.3, 0.4) is 0 Å². The zero-order valence-electron chi connectivity index (χ0n) is 9.01. The van der Waals surface area contributed by atoms with E-state index >= 15 is 0 Å². The topological polar surface area (TPSA) is 29.9 Å². The zero-order valence-corrected chi connectivity index (χ0v) is 9.01. The molecule has 90 valence electrons. The predicted molar refractivity (Wildman–Crippen MR) is 52.9 cm³/mol. The first-order valence-electron chi connectivity index (χ1n) is 5.30. The highest BCUT2D eigenvalue weighted by molar-refractivity contribution is 5.13. The van der Waals surface area contributed by atoms with Gasteiger partial charge >= 0.3 is 6.18 Å². The summed E-state index contributed by atoms with van der Waals surface area (Å²) in [6, 6.07) is 0. The first-order valence-corrected chi connectivity index (χ1v) is 5.30. The van der Waals surface area contributed by atoms with E-state index in [0.717, 1.165) is 6.54 Å². The van der Waals surface area contributed by atoms with Gasteiger partial charge in [-0.3, -0.25) is 0 Å². The van der Waals surface area contributed by atoms with Crippen molar-refractivity contribution in [1.29, 1.82) is 0 Å². The van der Waals surface area contributed by atoms with Gasteiger partial charge in [-0.15, -0.1) is 0 Å². The van der Waals surface area contributed by atoms with E-state index in [4.69, 9.17) is 0 Å². The Labute approximate surface area is 91.7 Å². The first-order chi connectivity index (χ1) is 7.51. The van der Waals surface area contributed by atoms with Crippen molar-refractivity contribution in [3.05, 3.63) is 18.2 Å². The highest BCUT2D eigenvalue weighted by Gasteiger charge is 2.65. The largest absolute Gasteiger partial charge is 0.411 e. The fourth-order valence-electron chi connectivity index (χ4n) is 1.87. The Morgan fingerprint density at radius 2 is 2.19 bits per heavy atom. The first kappa shape index (κ1) is 11.4. The van der Waals surface area contributed by atoms with Crippen LogP contribution in [0.4, 0.5) is 13.2 Å². The van der Waals surface area contributed by atoms with Gasteiger partial charge in [0.2, 0.25) is 0 Å². The molecule has 1 saturated carbocycles. The van der Waals surface area contributed by atoms with E-state index in [1.165, 1.54) is 17.1 Å². The molecule has 1 aliphatic carbocycles. The Balaban J connectivity index is 2.24.